The molecule has 0 fully saturated rings. The third kappa shape index (κ3) is 4.87. The molecule has 1 rings (SSSR count). The summed E-state index contributed by atoms with van der Waals surface area (Å²) < 4.78 is 13.8. The molecule has 0 saturated carbocycles. The lowest BCUT2D eigenvalue weighted by atomic mass is 9.95. The fourth-order valence-corrected chi connectivity index (χ4v) is 2.30. The van der Waals surface area contributed by atoms with Crippen molar-refractivity contribution in [3.63, 3.8) is 0 Å². The molecule has 1 aromatic rings. The van der Waals surface area contributed by atoms with Crippen molar-refractivity contribution < 1.29 is 14.3 Å². The smallest absolute Gasteiger partial charge is 0.251 e. The lowest BCUT2D eigenvalue weighted by molar-refractivity contribution is 0.0924. The van der Waals surface area contributed by atoms with Crippen molar-refractivity contribution in [2.45, 2.75) is 39.7 Å². The molecule has 1 aromatic carbocycles. The molecule has 0 spiro atoms. The van der Waals surface area contributed by atoms with Crippen LogP contribution in [0.5, 0.6) is 0 Å². The molecule has 0 heterocycles. The second kappa shape index (κ2) is 8.43. The summed E-state index contributed by atoms with van der Waals surface area (Å²) in [6, 6.07) is 4.22. The Kier molecular flexibility index (Phi) is 6.90. The summed E-state index contributed by atoms with van der Waals surface area (Å²) in [5.74, 6) is 4.45. The van der Waals surface area contributed by atoms with E-state index in [1.807, 2.05) is 6.92 Å². The van der Waals surface area contributed by atoms with Crippen LogP contribution >= 0.6 is 0 Å². The molecule has 2 N–H and O–H groups in total. The maximum Gasteiger partial charge on any atom is 0.251 e. The number of halogens is 1. The van der Waals surface area contributed by atoms with Gasteiger partial charge in [0, 0.05) is 11.6 Å². The van der Waals surface area contributed by atoms with Crippen LogP contribution in [0, 0.1) is 23.6 Å². The van der Waals surface area contributed by atoms with E-state index in [-0.39, 0.29) is 29.7 Å². The molecule has 1 amide bonds. The van der Waals surface area contributed by atoms with E-state index in [1.54, 1.807) is 6.07 Å². The number of aliphatic hydroxyl groups excluding tert-OH is 1. The molecular formula is C17H22FNO2. The topological polar surface area (TPSA) is 49.3 Å². The summed E-state index contributed by atoms with van der Waals surface area (Å²) in [6.07, 6.45) is 1.98. The highest BCUT2D eigenvalue weighted by Crippen LogP contribution is 2.14. The van der Waals surface area contributed by atoms with Gasteiger partial charge in [0.05, 0.1) is 5.56 Å². The van der Waals surface area contributed by atoms with Gasteiger partial charge in [-0.25, -0.2) is 4.39 Å². The van der Waals surface area contributed by atoms with Gasteiger partial charge in [0.1, 0.15) is 12.4 Å². The Bertz CT molecular complexity index is 541. The van der Waals surface area contributed by atoms with Gasteiger partial charge in [-0.2, -0.15) is 0 Å². The van der Waals surface area contributed by atoms with E-state index in [0.717, 1.165) is 12.8 Å². The zero-order chi connectivity index (χ0) is 15.8. The maximum atomic E-state index is 13.8. The van der Waals surface area contributed by atoms with Gasteiger partial charge in [-0.1, -0.05) is 38.5 Å². The predicted octanol–water partition coefficient (Wildman–Crippen LogP) is 2.72. The van der Waals surface area contributed by atoms with E-state index in [4.69, 9.17) is 5.11 Å². The number of nitrogens with one attached hydrogen (secondary N) is 1. The van der Waals surface area contributed by atoms with Gasteiger partial charge in [0.2, 0.25) is 0 Å². The largest absolute Gasteiger partial charge is 0.384 e. The van der Waals surface area contributed by atoms with Gasteiger partial charge in [-0.3, -0.25) is 4.79 Å². The minimum atomic E-state index is -0.557. The minimum absolute atomic E-state index is 0.0458. The van der Waals surface area contributed by atoms with Crippen LogP contribution in [0.3, 0.4) is 0 Å². The lowest BCUT2D eigenvalue weighted by Crippen LogP contribution is -2.37. The Morgan fingerprint density at radius 3 is 2.57 bits per heavy atom. The van der Waals surface area contributed by atoms with Crippen LogP contribution in [-0.2, 0) is 0 Å². The average Bonchev–Trinajstić information content (AvgIpc) is 2.47. The van der Waals surface area contributed by atoms with Crippen molar-refractivity contribution in [2.24, 2.45) is 5.92 Å². The number of amides is 1. The summed E-state index contributed by atoms with van der Waals surface area (Å²) in [7, 11) is 0. The highest BCUT2D eigenvalue weighted by molar-refractivity contribution is 5.94. The maximum absolute atomic E-state index is 13.8. The first-order valence-corrected chi connectivity index (χ1v) is 7.23. The number of benzene rings is 1. The van der Waals surface area contributed by atoms with Crippen LogP contribution in [0.2, 0.25) is 0 Å². The Balaban J connectivity index is 2.82. The van der Waals surface area contributed by atoms with E-state index < -0.39 is 5.82 Å². The molecule has 114 valence electrons. The van der Waals surface area contributed by atoms with Crippen molar-refractivity contribution in [1.29, 1.82) is 0 Å². The molecular weight excluding hydrogens is 269 g/mol. The molecule has 0 aliphatic heterocycles. The van der Waals surface area contributed by atoms with Gasteiger partial charge in [-0.05, 0) is 31.0 Å². The third-order valence-electron chi connectivity index (χ3n) is 3.65. The number of rotatable bonds is 5. The highest BCUT2D eigenvalue weighted by atomic mass is 19.1. The van der Waals surface area contributed by atoms with Gasteiger partial charge in [0.15, 0.2) is 0 Å². The Morgan fingerprint density at radius 2 is 2.05 bits per heavy atom. The normalized spacial score (nSPS) is 11.7. The fraction of sp³-hybridized carbons (Fsp3) is 0.471. The molecule has 0 aliphatic carbocycles. The Hall–Kier alpha value is -1.86. The summed E-state index contributed by atoms with van der Waals surface area (Å²) in [5.41, 5.74) is 0.452. The number of carbonyl (C=O) groups is 1. The van der Waals surface area contributed by atoms with Gasteiger partial charge < -0.3 is 10.4 Å². The van der Waals surface area contributed by atoms with E-state index in [9.17, 15) is 9.18 Å². The molecule has 21 heavy (non-hydrogen) atoms. The zero-order valence-electron chi connectivity index (χ0n) is 12.7. The zero-order valence-corrected chi connectivity index (χ0v) is 12.7. The monoisotopic (exact) mass is 291 g/mol. The van der Waals surface area contributed by atoms with Crippen LogP contribution < -0.4 is 5.32 Å². The first kappa shape index (κ1) is 17.2. The number of hydrogen-bond donors (Lipinski definition) is 2. The first-order chi connectivity index (χ1) is 10.0. The van der Waals surface area contributed by atoms with E-state index >= 15 is 0 Å². The predicted molar refractivity (Wildman–Crippen MR) is 81.4 cm³/mol. The van der Waals surface area contributed by atoms with Crippen LogP contribution in [0.1, 0.15) is 49.5 Å². The van der Waals surface area contributed by atoms with Crippen LogP contribution in [0.4, 0.5) is 4.39 Å². The second-order valence-electron chi connectivity index (χ2n) is 4.99. The molecule has 0 aromatic heterocycles. The molecule has 1 atom stereocenters. The summed E-state index contributed by atoms with van der Waals surface area (Å²) in [5, 5.41) is 11.5. The quantitative estimate of drug-likeness (QED) is 0.820. The van der Waals surface area contributed by atoms with Crippen molar-refractivity contribution in [1.82, 2.24) is 5.32 Å². The van der Waals surface area contributed by atoms with Gasteiger partial charge >= 0.3 is 0 Å². The number of aliphatic hydroxyl groups is 1. The van der Waals surface area contributed by atoms with Gasteiger partial charge in [-0.15, -0.1) is 0 Å². The second-order valence-corrected chi connectivity index (χ2v) is 4.99. The van der Waals surface area contributed by atoms with E-state index in [0.29, 0.717) is 5.92 Å². The molecule has 1 unspecified atom stereocenters. The molecule has 4 heteroatoms. The van der Waals surface area contributed by atoms with Gasteiger partial charge in [0.25, 0.3) is 5.91 Å². The molecule has 0 bridgehead atoms. The molecule has 0 saturated heterocycles. The molecule has 0 aliphatic rings. The van der Waals surface area contributed by atoms with Crippen molar-refractivity contribution in [3.8, 4) is 11.8 Å². The first-order valence-electron chi connectivity index (χ1n) is 7.23. The number of hydrogen-bond acceptors (Lipinski definition) is 2. The average molecular weight is 291 g/mol. The van der Waals surface area contributed by atoms with Crippen LogP contribution in [0.25, 0.3) is 0 Å². The van der Waals surface area contributed by atoms with Crippen molar-refractivity contribution in [3.05, 3.63) is 35.1 Å². The molecule has 3 nitrogen and oxygen atoms in total. The van der Waals surface area contributed by atoms with Crippen molar-refractivity contribution in [2.75, 3.05) is 6.61 Å². The Labute approximate surface area is 125 Å². The summed E-state index contributed by atoms with van der Waals surface area (Å²) in [6.45, 7) is 5.82. The fourth-order valence-electron chi connectivity index (χ4n) is 2.30. The standard InChI is InChI=1S/C17H22FNO2/c1-4-13(5-2)12(3)19-17(21)15-9-8-14(7-6-10-20)16(18)11-15/h8-9,11-13,20H,4-5,10H2,1-3H3,(H,19,21). The molecule has 0 radical (unpaired) electrons. The summed E-state index contributed by atoms with van der Waals surface area (Å²) in [4.78, 5) is 12.1. The van der Waals surface area contributed by atoms with E-state index in [2.05, 4.69) is 31.0 Å². The van der Waals surface area contributed by atoms with Crippen LogP contribution in [0.15, 0.2) is 18.2 Å². The van der Waals surface area contributed by atoms with E-state index in [1.165, 1.54) is 12.1 Å². The number of carbonyl (C=O) groups excluding carboxylic acids is 1. The lowest BCUT2D eigenvalue weighted by Gasteiger charge is -2.22. The SMILES string of the molecule is CCC(CC)C(C)NC(=O)c1ccc(C#CCO)c(F)c1. The van der Waals surface area contributed by atoms with Crippen molar-refractivity contribution >= 4 is 5.91 Å². The Morgan fingerprint density at radius 1 is 1.38 bits per heavy atom. The highest BCUT2D eigenvalue weighted by Gasteiger charge is 2.17. The minimum Gasteiger partial charge on any atom is -0.384 e. The van der Waals surface area contributed by atoms with Crippen LogP contribution in [-0.4, -0.2) is 23.7 Å². The summed E-state index contributed by atoms with van der Waals surface area (Å²) >= 11 is 0. The third-order valence-corrected chi connectivity index (χ3v) is 3.65.